The number of hydrogen-bond acceptors (Lipinski definition) is 3. The predicted octanol–water partition coefficient (Wildman–Crippen LogP) is 3.33. The Labute approximate surface area is 108 Å². The average Bonchev–Trinajstić information content (AvgIpc) is 2.37. The summed E-state index contributed by atoms with van der Waals surface area (Å²) in [6.07, 6.45) is 5.11. The van der Waals surface area contributed by atoms with Gasteiger partial charge in [-0.15, -0.1) is 0 Å². The number of unbranched alkanes of at least 4 members (excludes halogenated alkanes) is 1. The molecule has 0 saturated carbocycles. The number of rotatable bonds is 8. The predicted molar refractivity (Wildman–Crippen MR) is 71.5 cm³/mol. The van der Waals surface area contributed by atoms with Gasteiger partial charge in [0, 0.05) is 18.7 Å². The van der Waals surface area contributed by atoms with Crippen molar-refractivity contribution in [2.45, 2.75) is 39.0 Å². The Hall–Kier alpha value is -1.42. The van der Waals surface area contributed by atoms with Gasteiger partial charge in [-0.3, -0.25) is 10.1 Å². The third-order valence-corrected chi connectivity index (χ3v) is 3.17. The van der Waals surface area contributed by atoms with Crippen LogP contribution in [0.3, 0.4) is 0 Å². The lowest BCUT2D eigenvalue weighted by atomic mass is 9.91. The van der Waals surface area contributed by atoms with Gasteiger partial charge in [0.25, 0.3) is 5.69 Å². The second-order valence-electron chi connectivity index (χ2n) is 4.65. The highest BCUT2D eigenvalue weighted by molar-refractivity contribution is 5.33. The van der Waals surface area contributed by atoms with Crippen LogP contribution in [0.15, 0.2) is 24.3 Å². The number of nitro groups is 1. The van der Waals surface area contributed by atoms with Gasteiger partial charge in [-0.05, 0) is 24.3 Å². The first-order chi connectivity index (χ1) is 8.67. The highest BCUT2D eigenvalue weighted by Gasteiger charge is 2.10. The van der Waals surface area contributed by atoms with Crippen LogP contribution in [-0.2, 0) is 6.42 Å². The summed E-state index contributed by atoms with van der Waals surface area (Å²) in [6.45, 7) is 2.36. The maximum absolute atomic E-state index is 10.6. The monoisotopic (exact) mass is 251 g/mol. The normalized spacial score (nSPS) is 12.3. The SMILES string of the molecule is CCCC[C@H](CCO)Cc1ccc([N+](=O)[O-])cc1. The highest BCUT2D eigenvalue weighted by Crippen LogP contribution is 2.20. The molecule has 0 aromatic heterocycles. The van der Waals surface area contributed by atoms with Crippen LogP contribution in [0.1, 0.15) is 38.2 Å². The minimum atomic E-state index is -0.383. The molecule has 0 spiro atoms. The molecule has 0 unspecified atom stereocenters. The van der Waals surface area contributed by atoms with Crippen LogP contribution in [-0.4, -0.2) is 16.6 Å². The molecule has 18 heavy (non-hydrogen) atoms. The Balaban J connectivity index is 2.59. The standard InChI is InChI=1S/C14H21NO3/c1-2-3-4-12(9-10-16)11-13-5-7-14(8-6-13)15(17)18/h5-8,12,16H,2-4,9-11H2,1H3/t12-/m1/s1. The molecule has 0 heterocycles. The van der Waals surface area contributed by atoms with Gasteiger partial charge in [-0.2, -0.15) is 0 Å². The van der Waals surface area contributed by atoms with E-state index < -0.39 is 0 Å². The molecule has 0 radical (unpaired) electrons. The number of nitro benzene ring substituents is 1. The van der Waals surface area contributed by atoms with Gasteiger partial charge in [0.2, 0.25) is 0 Å². The van der Waals surface area contributed by atoms with Crippen LogP contribution < -0.4 is 0 Å². The number of nitrogens with zero attached hydrogens (tertiary/aromatic N) is 1. The van der Waals surface area contributed by atoms with E-state index in [2.05, 4.69) is 6.92 Å². The lowest BCUT2D eigenvalue weighted by Gasteiger charge is -2.15. The van der Waals surface area contributed by atoms with Gasteiger partial charge in [0.15, 0.2) is 0 Å². The third-order valence-electron chi connectivity index (χ3n) is 3.17. The summed E-state index contributed by atoms with van der Waals surface area (Å²) in [7, 11) is 0. The van der Waals surface area contributed by atoms with Crippen LogP contribution in [0.4, 0.5) is 5.69 Å². The van der Waals surface area contributed by atoms with Gasteiger partial charge >= 0.3 is 0 Å². The second-order valence-corrected chi connectivity index (χ2v) is 4.65. The Morgan fingerprint density at radius 1 is 1.28 bits per heavy atom. The van der Waals surface area contributed by atoms with Crippen molar-refractivity contribution in [1.29, 1.82) is 0 Å². The van der Waals surface area contributed by atoms with E-state index in [1.54, 1.807) is 12.1 Å². The first-order valence-electron chi connectivity index (χ1n) is 6.51. The molecule has 0 fully saturated rings. The maximum Gasteiger partial charge on any atom is 0.269 e. The van der Waals surface area contributed by atoms with Crippen molar-refractivity contribution in [2.75, 3.05) is 6.61 Å². The zero-order valence-electron chi connectivity index (χ0n) is 10.8. The summed E-state index contributed by atoms with van der Waals surface area (Å²) >= 11 is 0. The van der Waals surface area contributed by atoms with Crippen molar-refractivity contribution in [3.8, 4) is 0 Å². The van der Waals surface area contributed by atoms with Crippen LogP contribution in [0.2, 0.25) is 0 Å². The molecule has 1 aromatic carbocycles. The van der Waals surface area contributed by atoms with Crippen LogP contribution >= 0.6 is 0 Å². The van der Waals surface area contributed by atoms with E-state index in [1.807, 2.05) is 12.1 Å². The van der Waals surface area contributed by atoms with Gasteiger partial charge in [-0.1, -0.05) is 38.3 Å². The molecule has 0 amide bonds. The van der Waals surface area contributed by atoms with Crippen molar-refractivity contribution in [3.63, 3.8) is 0 Å². The molecule has 1 aromatic rings. The molecular formula is C14H21NO3. The molecule has 0 saturated heterocycles. The van der Waals surface area contributed by atoms with Crippen molar-refractivity contribution >= 4 is 5.69 Å². The van der Waals surface area contributed by atoms with Crippen LogP contribution in [0.5, 0.6) is 0 Å². The fourth-order valence-corrected chi connectivity index (χ4v) is 2.11. The summed E-state index contributed by atoms with van der Waals surface area (Å²) in [5, 5.41) is 19.6. The molecule has 100 valence electrons. The van der Waals surface area contributed by atoms with E-state index in [1.165, 1.54) is 0 Å². The second kappa shape index (κ2) is 7.82. The zero-order chi connectivity index (χ0) is 13.4. The van der Waals surface area contributed by atoms with E-state index in [4.69, 9.17) is 5.11 Å². The first kappa shape index (κ1) is 14.6. The number of non-ortho nitro benzene ring substituents is 1. The lowest BCUT2D eigenvalue weighted by Crippen LogP contribution is -2.07. The van der Waals surface area contributed by atoms with E-state index >= 15 is 0 Å². The Kier molecular flexibility index (Phi) is 6.36. The van der Waals surface area contributed by atoms with Gasteiger partial charge < -0.3 is 5.11 Å². The highest BCUT2D eigenvalue weighted by atomic mass is 16.6. The quantitative estimate of drug-likeness (QED) is 0.569. The number of aliphatic hydroxyl groups is 1. The Morgan fingerprint density at radius 2 is 1.94 bits per heavy atom. The van der Waals surface area contributed by atoms with Crippen molar-refractivity contribution in [1.82, 2.24) is 0 Å². The van der Waals surface area contributed by atoms with E-state index in [-0.39, 0.29) is 17.2 Å². The summed E-state index contributed by atoms with van der Waals surface area (Å²) < 4.78 is 0. The van der Waals surface area contributed by atoms with Crippen molar-refractivity contribution in [2.24, 2.45) is 5.92 Å². The van der Waals surface area contributed by atoms with E-state index in [0.717, 1.165) is 37.7 Å². The molecule has 0 aliphatic carbocycles. The smallest absolute Gasteiger partial charge is 0.269 e. The number of aliphatic hydroxyl groups excluding tert-OH is 1. The van der Waals surface area contributed by atoms with Crippen LogP contribution in [0.25, 0.3) is 0 Å². The van der Waals surface area contributed by atoms with E-state index in [0.29, 0.717) is 5.92 Å². The van der Waals surface area contributed by atoms with Gasteiger partial charge in [0.1, 0.15) is 0 Å². The molecule has 0 aliphatic rings. The Bertz CT molecular complexity index is 362. The summed E-state index contributed by atoms with van der Waals surface area (Å²) in [6, 6.07) is 6.72. The topological polar surface area (TPSA) is 63.4 Å². The average molecular weight is 251 g/mol. The summed E-state index contributed by atoms with van der Waals surface area (Å²) in [5.41, 5.74) is 1.24. The molecule has 1 rings (SSSR count). The molecule has 1 atom stereocenters. The fraction of sp³-hybridized carbons (Fsp3) is 0.571. The molecule has 4 nitrogen and oxygen atoms in total. The van der Waals surface area contributed by atoms with E-state index in [9.17, 15) is 10.1 Å². The summed E-state index contributed by atoms with van der Waals surface area (Å²) in [5.74, 6) is 0.469. The third kappa shape index (κ3) is 4.84. The minimum absolute atomic E-state index is 0.131. The molecular weight excluding hydrogens is 230 g/mol. The summed E-state index contributed by atoms with van der Waals surface area (Å²) in [4.78, 5) is 10.2. The lowest BCUT2D eigenvalue weighted by molar-refractivity contribution is -0.384. The van der Waals surface area contributed by atoms with Gasteiger partial charge in [0.05, 0.1) is 4.92 Å². The largest absolute Gasteiger partial charge is 0.396 e. The molecule has 1 N–H and O–H groups in total. The maximum atomic E-state index is 10.6. The number of hydrogen-bond donors (Lipinski definition) is 1. The fourth-order valence-electron chi connectivity index (χ4n) is 2.11. The molecule has 0 aliphatic heterocycles. The molecule has 0 bridgehead atoms. The molecule has 4 heteroatoms. The van der Waals surface area contributed by atoms with Crippen LogP contribution in [0, 0.1) is 16.0 Å². The zero-order valence-corrected chi connectivity index (χ0v) is 10.8. The van der Waals surface area contributed by atoms with Crippen molar-refractivity contribution in [3.05, 3.63) is 39.9 Å². The minimum Gasteiger partial charge on any atom is -0.396 e. The Morgan fingerprint density at radius 3 is 2.44 bits per heavy atom. The van der Waals surface area contributed by atoms with Gasteiger partial charge in [-0.25, -0.2) is 0 Å². The number of benzene rings is 1. The first-order valence-corrected chi connectivity index (χ1v) is 6.51. The van der Waals surface area contributed by atoms with Crippen molar-refractivity contribution < 1.29 is 10.0 Å².